The van der Waals surface area contributed by atoms with Crippen LogP contribution in [0.2, 0.25) is 0 Å². The normalized spacial score (nSPS) is 12.7. The first-order valence-corrected chi connectivity index (χ1v) is 5.83. The van der Waals surface area contributed by atoms with E-state index in [1.54, 1.807) is 0 Å². The summed E-state index contributed by atoms with van der Waals surface area (Å²) in [7, 11) is 0. The molecule has 0 radical (unpaired) electrons. The van der Waals surface area contributed by atoms with Gasteiger partial charge in [-0.2, -0.15) is 0 Å². The molecule has 2 nitrogen and oxygen atoms in total. The monoisotopic (exact) mass is 214 g/mol. The van der Waals surface area contributed by atoms with Crippen molar-refractivity contribution in [1.82, 2.24) is 4.98 Å². The van der Waals surface area contributed by atoms with Crippen molar-refractivity contribution in [1.29, 1.82) is 0 Å². The lowest BCUT2D eigenvalue weighted by molar-refractivity contribution is 0.759. The Balaban J connectivity index is 2.42. The van der Waals surface area contributed by atoms with Crippen molar-refractivity contribution in [3.05, 3.63) is 35.9 Å². The Labute approximate surface area is 96.7 Å². The summed E-state index contributed by atoms with van der Waals surface area (Å²) in [5, 5.41) is 4.64. The molecule has 0 amide bonds. The van der Waals surface area contributed by atoms with Gasteiger partial charge in [0, 0.05) is 11.4 Å². The van der Waals surface area contributed by atoms with E-state index in [9.17, 15) is 0 Å². The number of rotatable bonds is 3. The van der Waals surface area contributed by atoms with Crippen molar-refractivity contribution in [3.63, 3.8) is 0 Å². The molecule has 1 aromatic heterocycles. The van der Waals surface area contributed by atoms with E-state index in [-0.39, 0.29) is 0 Å². The van der Waals surface area contributed by atoms with Crippen LogP contribution >= 0.6 is 0 Å². The van der Waals surface area contributed by atoms with Crippen molar-refractivity contribution < 1.29 is 0 Å². The minimum Gasteiger partial charge on any atom is -0.367 e. The predicted octanol–water partition coefficient (Wildman–Crippen LogP) is 3.75. The zero-order valence-corrected chi connectivity index (χ0v) is 10.1. The molecule has 1 N–H and O–H groups in total. The van der Waals surface area contributed by atoms with Gasteiger partial charge in [0.05, 0.1) is 5.52 Å². The lowest BCUT2D eigenvalue weighted by atomic mass is 10.1. The first-order valence-electron chi connectivity index (χ1n) is 5.83. The maximum absolute atomic E-state index is 4.65. The number of fused-ring (bicyclic) bond motifs is 1. The summed E-state index contributed by atoms with van der Waals surface area (Å²) in [5.74, 6) is 1.01. The molecule has 0 bridgehead atoms. The maximum Gasteiger partial charge on any atom is 0.129 e. The van der Waals surface area contributed by atoms with Gasteiger partial charge in [0.2, 0.25) is 0 Å². The van der Waals surface area contributed by atoms with E-state index < -0.39 is 0 Å². The Morgan fingerprint density at radius 2 is 2.06 bits per heavy atom. The average molecular weight is 214 g/mol. The third-order valence-electron chi connectivity index (χ3n) is 2.91. The lowest BCUT2D eigenvalue weighted by Crippen LogP contribution is -2.15. The summed E-state index contributed by atoms with van der Waals surface area (Å²) in [5.41, 5.74) is 2.26. The van der Waals surface area contributed by atoms with Crippen LogP contribution in [-0.4, -0.2) is 11.0 Å². The molecule has 2 rings (SSSR count). The second-order valence-corrected chi connectivity index (χ2v) is 4.30. The van der Waals surface area contributed by atoms with Crippen LogP contribution < -0.4 is 5.32 Å². The minimum absolute atomic E-state index is 0.465. The number of nitrogens with one attached hydrogen (secondary N) is 1. The molecule has 2 aromatic rings. The molecule has 0 aliphatic heterocycles. The van der Waals surface area contributed by atoms with E-state index >= 15 is 0 Å². The van der Waals surface area contributed by atoms with E-state index in [0.29, 0.717) is 6.04 Å². The van der Waals surface area contributed by atoms with E-state index in [0.717, 1.165) is 17.8 Å². The molecule has 1 heterocycles. The van der Waals surface area contributed by atoms with Crippen LogP contribution in [0.3, 0.4) is 0 Å². The van der Waals surface area contributed by atoms with E-state index in [4.69, 9.17) is 0 Å². The summed E-state index contributed by atoms with van der Waals surface area (Å²) < 4.78 is 0. The number of nitrogens with zero attached hydrogens (tertiary/aromatic N) is 1. The van der Waals surface area contributed by atoms with Gasteiger partial charge in [-0.1, -0.05) is 25.1 Å². The molecule has 0 saturated heterocycles. The smallest absolute Gasteiger partial charge is 0.129 e. The highest BCUT2D eigenvalue weighted by Crippen LogP contribution is 2.20. The molecule has 1 atom stereocenters. The number of aromatic nitrogens is 1. The van der Waals surface area contributed by atoms with Crippen LogP contribution in [0.15, 0.2) is 30.3 Å². The zero-order valence-electron chi connectivity index (χ0n) is 10.1. The Morgan fingerprint density at radius 1 is 1.31 bits per heavy atom. The Morgan fingerprint density at radius 3 is 2.81 bits per heavy atom. The Kier molecular flexibility index (Phi) is 3.09. The highest BCUT2D eigenvalue weighted by molar-refractivity contribution is 5.81. The quantitative estimate of drug-likeness (QED) is 0.841. The summed E-state index contributed by atoms with van der Waals surface area (Å²) in [6, 6.07) is 10.9. The van der Waals surface area contributed by atoms with Crippen LogP contribution in [0.4, 0.5) is 5.82 Å². The molecule has 84 valence electrons. The van der Waals surface area contributed by atoms with Crippen LogP contribution in [0, 0.1) is 6.92 Å². The van der Waals surface area contributed by atoms with Gasteiger partial charge in [0.25, 0.3) is 0 Å². The highest BCUT2D eigenvalue weighted by atomic mass is 15.0. The average Bonchev–Trinajstić information content (AvgIpc) is 2.30. The molecule has 0 saturated carbocycles. The highest BCUT2D eigenvalue weighted by Gasteiger charge is 2.05. The number of hydrogen-bond donors (Lipinski definition) is 1. The standard InChI is InChI=1S/C14H18N2/c1-4-11(3)15-14-10(2)9-12-7-5-6-8-13(12)16-14/h5-9,11H,4H2,1-3H3,(H,15,16). The van der Waals surface area contributed by atoms with Gasteiger partial charge in [-0.15, -0.1) is 0 Å². The summed E-state index contributed by atoms with van der Waals surface area (Å²) in [6.07, 6.45) is 1.11. The van der Waals surface area contributed by atoms with Crippen molar-refractivity contribution in [2.45, 2.75) is 33.2 Å². The molecular weight excluding hydrogens is 196 g/mol. The number of anilines is 1. The number of hydrogen-bond acceptors (Lipinski definition) is 2. The molecule has 0 fully saturated rings. The van der Waals surface area contributed by atoms with Gasteiger partial charge < -0.3 is 5.32 Å². The summed E-state index contributed by atoms with van der Waals surface area (Å²) in [4.78, 5) is 4.65. The fraction of sp³-hybridized carbons (Fsp3) is 0.357. The third kappa shape index (κ3) is 2.16. The molecule has 2 heteroatoms. The van der Waals surface area contributed by atoms with E-state index in [2.05, 4.69) is 49.3 Å². The van der Waals surface area contributed by atoms with Crippen LogP contribution in [-0.2, 0) is 0 Å². The largest absolute Gasteiger partial charge is 0.367 e. The zero-order chi connectivity index (χ0) is 11.5. The van der Waals surface area contributed by atoms with Crippen molar-refractivity contribution in [2.24, 2.45) is 0 Å². The van der Waals surface area contributed by atoms with E-state index in [1.807, 2.05) is 12.1 Å². The summed E-state index contributed by atoms with van der Waals surface area (Å²) >= 11 is 0. The van der Waals surface area contributed by atoms with Gasteiger partial charge in [-0.25, -0.2) is 4.98 Å². The number of pyridine rings is 1. The van der Waals surface area contributed by atoms with Gasteiger partial charge >= 0.3 is 0 Å². The second kappa shape index (κ2) is 4.52. The fourth-order valence-electron chi connectivity index (χ4n) is 1.70. The first-order chi connectivity index (χ1) is 7.70. The second-order valence-electron chi connectivity index (χ2n) is 4.30. The van der Waals surface area contributed by atoms with E-state index in [1.165, 1.54) is 10.9 Å². The first kappa shape index (κ1) is 10.9. The SMILES string of the molecule is CCC(C)Nc1nc2ccccc2cc1C. The van der Waals surface area contributed by atoms with Crippen molar-refractivity contribution >= 4 is 16.7 Å². The van der Waals surface area contributed by atoms with Crippen LogP contribution in [0.25, 0.3) is 10.9 Å². The van der Waals surface area contributed by atoms with Crippen molar-refractivity contribution in [2.75, 3.05) is 5.32 Å². The predicted molar refractivity (Wildman–Crippen MR) is 69.9 cm³/mol. The fourth-order valence-corrected chi connectivity index (χ4v) is 1.70. The Bertz CT molecular complexity index is 491. The van der Waals surface area contributed by atoms with Crippen LogP contribution in [0.5, 0.6) is 0 Å². The van der Waals surface area contributed by atoms with Gasteiger partial charge in [-0.05, 0) is 38.0 Å². The molecule has 1 aromatic carbocycles. The van der Waals surface area contributed by atoms with Crippen LogP contribution in [0.1, 0.15) is 25.8 Å². The van der Waals surface area contributed by atoms with Crippen molar-refractivity contribution in [3.8, 4) is 0 Å². The molecule has 1 unspecified atom stereocenters. The molecule has 0 aliphatic rings. The summed E-state index contributed by atoms with van der Waals surface area (Å²) in [6.45, 7) is 6.45. The molecule has 0 aliphatic carbocycles. The molecule has 0 spiro atoms. The number of para-hydroxylation sites is 1. The topological polar surface area (TPSA) is 24.9 Å². The molecular formula is C14H18N2. The van der Waals surface area contributed by atoms with Gasteiger partial charge in [-0.3, -0.25) is 0 Å². The Hall–Kier alpha value is -1.57. The number of aryl methyl sites for hydroxylation is 1. The van der Waals surface area contributed by atoms with Gasteiger partial charge in [0.1, 0.15) is 5.82 Å². The third-order valence-corrected chi connectivity index (χ3v) is 2.91. The lowest BCUT2D eigenvalue weighted by Gasteiger charge is -2.14. The van der Waals surface area contributed by atoms with Gasteiger partial charge in [0.15, 0.2) is 0 Å². The minimum atomic E-state index is 0.465. The maximum atomic E-state index is 4.65. The number of benzene rings is 1. The molecule has 16 heavy (non-hydrogen) atoms.